The molecule has 1 rings (SSSR count). The molecule has 0 aliphatic heterocycles. The molecule has 0 bridgehead atoms. The molecule has 0 fully saturated rings. The van der Waals surface area contributed by atoms with Crippen molar-refractivity contribution in [2.75, 3.05) is 0 Å². The molecule has 1 aromatic rings. The molecule has 68 valence electrons. The SMILES string of the molecule is CC(C)(C)n1nc(I)c(Br)c1I. The van der Waals surface area contributed by atoms with Gasteiger partial charge in [0.2, 0.25) is 0 Å². The lowest BCUT2D eigenvalue weighted by Gasteiger charge is -2.20. The standard InChI is InChI=1S/C7H9BrI2N2/c1-7(2,3)12-6(10)4(8)5(9)11-12/h1-3H3. The normalized spacial score (nSPS) is 12.2. The molecule has 1 heterocycles. The number of hydrogen-bond donors (Lipinski definition) is 0. The molecular weight excluding hydrogens is 446 g/mol. The first-order valence-corrected chi connectivity index (χ1v) is 6.39. The molecule has 0 N–H and O–H groups in total. The maximum Gasteiger partial charge on any atom is 0.138 e. The van der Waals surface area contributed by atoms with Crippen LogP contribution in [0.2, 0.25) is 0 Å². The zero-order valence-electron chi connectivity index (χ0n) is 7.03. The second-order valence-electron chi connectivity index (χ2n) is 3.48. The minimum Gasteiger partial charge on any atom is -0.252 e. The van der Waals surface area contributed by atoms with Crippen molar-refractivity contribution in [2.24, 2.45) is 0 Å². The molecule has 5 heteroatoms. The third kappa shape index (κ3) is 2.14. The molecule has 0 spiro atoms. The van der Waals surface area contributed by atoms with E-state index in [1.165, 1.54) is 0 Å². The Hall–Kier alpha value is 1.15. The van der Waals surface area contributed by atoms with Crippen LogP contribution >= 0.6 is 61.1 Å². The zero-order valence-corrected chi connectivity index (χ0v) is 12.9. The summed E-state index contributed by atoms with van der Waals surface area (Å²) < 4.78 is 5.30. The van der Waals surface area contributed by atoms with Gasteiger partial charge in [0.1, 0.15) is 7.40 Å². The van der Waals surface area contributed by atoms with Crippen molar-refractivity contribution < 1.29 is 0 Å². The van der Waals surface area contributed by atoms with Crippen molar-refractivity contribution in [1.82, 2.24) is 9.78 Å². The second-order valence-corrected chi connectivity index (χ2v) is 6.31. The quantitative estimate of drug-likeness (QED) is 0.548. The van der Waals surface area contributed by atoms with Gasteiger partial charge in [0.25, 0.3) is 0 Å². The average Bonchev–Trinajstić information content (AvgIpc) is 2.15. The van der Waals surface area contributed by atoms with Crippen molar-refractivity contribution in [1.29, 1.82) is 0 Å². The summed E-state index contributed by atoms with van der Waals surface area (Å²) in [7, 11) is 0. The van der Waals surface area contributed by atoms with E-state index < -0.39 is 0 Å². The summed E-state index contributed by atoms with van der Waals surface area (Å²) in [6.45, 7) is 6.43. The number of aromatic nitrogens is 2. The van der Waals surface area contributed by atoms with E-state index in [0.717, 1.165) is 11.9 Å². The molecule has 1 aromatic heterocycles. The molecular formula is C7H9BrI2N2. The van der Waals surface area contributed by atoms with Crippen LogP contribution in [0.4, 0.5) is 0 Å². The van der Waals surface area contributed by atoms with Crippen LogP contribution in [0.15, 0.2) is 4.47 Å². The number of halogens is 3. The Morgan fingerprint density at radius 3 is 2.00 bits per heavy atom. The Morgan fingerprint density at radius 1 is 1.33 bits per heavy atom. The molecule has 0 radical (unpaired) electrons. The van der Waals surface area contributed by atoms with Crippen LogP contribution < -0.4 is 0 Å². The Balaban J connectivity index is 3.28. The molecule has 0 saturated carbocycles. The monoisotopic (exact) mass is 454 g/mol. The minimum atomic E-state index is 0.0580. The average molecular weight is 455 g/mol. The molecule has 0 aliphatic rings. The van der Waals surface area contributed by atoms with Gasteiger partial charge in [-0.05, 0) is 81.9 Å². The first-order chi connectivity index (χ1) is 5.34. The van der Waals surface area contributed by atoms with Crippen molar-refractivity contribution in [3.05, 3.63) is 11.9 Å². The summed E-state index contributed by atoms with van der Waals surface area (Å²) in [6.07, 6.45) is 0. The lowest BCUT2D eigenvalue weighted by Crippen LogP contribution is -2.24. The van der Waals surface area contributed by atoms with E-state index in [9.17, 15) is 0 Å². The third-order valence-corrected chi connectivity index (χ3v) is 5.36. The van der Waals surface area contributed by atoms with Crippen LogP contribution in [0.5, 0.6) is 0 Å². The maximum atomic E-state index is 4.43. The Labute approximate surface area is 108 Å². The second kappa shape index (κ2) is 3.72. The van der Waals surface area contributed by atoms with Crippen LogP contribution in [0.25, 0.3) is 0 Å². The summed E-state index contributed by atoms with van der Waals surface area (Å²) in [5.41, 5.74) is 0.0580. The smallest absolute Gasteiger partial charge is 0.138 e. The van der Waals surface area contributed by atoms with E-state index in [4.69, 9.17) is 0 Å². The van der Waals surface area contributed by atoms with Gasteiger partial charge in [0.05, 0.1) is 10.0 Å². The first-order valence-electron chi connectivity index (χ1n) is 3.44. The molecule has 0 unspecified atom stereocenters. The largest absolute Gasteiger partial charge is 0.252 e. The van der Waals surface area contributed by atoms with Crippen LogP contribution in [0.1, 0.15) is 20.8 Å². The van der Waals surface area contributed by atoms with Gasteiger partial charge in [-0.2, -0.15) is 5.10 Å². The lowest BCUT2D eigenvalue weighted by atomic mass is 10.1. The van der Waals surface area contributed by atoms with E-state index >= 15 is 0 Å². The highest BCUT2D eigenvalue weighted by atomic mass is 127. The first kappa shape index (κ1) is 11.2. The van der Waals surface area contributed by atoms with Crippen LogP contribution in [0, 0.1) is 7.40 Å². The predicted octanol–water partition coefficient (Wildman–Crippen LogP) is 3.61. The fourth-order valence-electron chi connectivity index (χ4n) is 0.798. The molecule has 0 amide bonds. The Morgan fingerprint density at radius 2 is 1.83 bits per heavy atom. The Kier molecular flexibility index (Phi) is 3.48. The summed E-state index contributed by atoms with van der Waals surface area (Å²) in [6, 6.07) is 0. The topological polar surface area (TPSA) is 17.8 Å². The van der Waals surface area contributed by atoms with E-state index in [-0.39, 0.29) is 5.54 Å². The van der Waals surface area contributed by atoms with Gasteiger partial charge in [-0.15, -0.1) is 0 Å². The highest BCUT2D eigenvalue weighted by molar-refractivity contribution is 14.1. The number of hydrogen-bond acceptors (Lipinski definition) is 1. The van der Waals surface area contributed by atoms with Crippen LogP contribution in [-0.2, 0) is 5.54 Å². The van der Waals surface area contributed by atoms with Crippen molar-refractivity contribution >= 4 is 61.1 Å². The van der Waals surface area contributed by atoms with Gasteiger partial charge in [-0.1, -0.05) is 0 Å². The minimum absolute atomic E-state index is 0.0580. The van der Waals surface area contributed by atoms with Crippen molar-refractivity contribution in [3.63, 3.8) is 0 Å². The summed E-state index contributed by atoms with van der Waals surface area (Å²) in [5, 5.41) is 4.43. The van der Waals surface area contributed by atoms with Crippen molar-refractivity contribution in [2.45, 2.75) is 26.3 Å². The fraction of sp³-hybridized carbons (Fsp3) is 0.571. The van der Waals surface area contributed by atoms with E-state index in [2.05, 4.69) is 87.0 Å². The van der Waals surface area contributed by atoms with Gasteiger partial charge < -0.3 is 0 Å². The van der Waals surface area contributed by atoms with Gasteiger partial charge in [0, 0.05) is 0 Å². The molecule has 2 nitrogen and oxygen atoms in total. The van der Waals surface area contributed by atoms with Gasteiger partial charge in [-0.3, -0.25) is 4.68 Å². The highest BCUT2D eigenvalue weighted by Gasteiger charge is 2.20. The van der Waals surface area contributed by atoms with E-state index in [0.29, 0.717) is 0 Å². The van der Waals surface area contributed by atoms with Gasteiger partial charge >= 0.3 is 0 Å². The summed E-state index contributed by atoms with van der Waals surface area (Å²) in [5.74, 6) is 0. The fourth-order valence-corrected chi connectivity index (χ4v) is 3.12. The van der Waals surface area contributed by atoms with Gasteiger partial charge in [0.15, 0.2) is 0 Å². The Bertz CT molecular complexity index is 301. The predicted molar refractivity (Wildman–Crippen MR) is 70.4 cm³/mol. The summed E-state index contributed by atoms with van der Waals surface area (Å²) >= 11 is 8.02. The molecule has 0 atom stereocenters. The number of nitrogens with zero attached hydrogens (tertiary/aromatic N) is 2. The molecule has 0 aliphatic carbocycles. The molecule has 0 aromatic carbocycles. The third-order valence-electron chi connectivity index (χ3n) is 1.37. The lowest BCUT2D eigenvalue weighted by molar-refractivity contribution is 0.346. The van der Waals surface area contributed by atoms with Crippen LogP contribution in [-0.4, -0.2) is 9.78 Å². The van der Waals surface area contributed by atoms with E-state index in [1.807, 2.05) is 4.68 Å². The number of rotatable bonds is 0. The highest BCUT2D eigenvalue weighted by Crippen LogP contribution is 2.28. The zero-order chi connectivity index (χ0) is 9.52. The molecule has 0 saturated heterocycles. The summed E-state index contributed by atoms with van der Waals surface area (Å²) in [4.78, 5) is 0. The molecule has 12 heavy (non-hydrogen) atoms. The maximum absolute atomic E-state index is 4.43. The van der Waals surface area contributed by atoms with E-state index in [1.54, 1.807) is 0 Å². The van der Waals surface area contributed by atoms with Crippen LogP contribution in [0.3, 0.4) is 0 Å². The van der Waals surface area contributed by atoms with Crippen molar-refractivity contribution in [3.8, 4) is 0 Å². The van der Waals surface area contributed by atoms with Gasteiger partial charge in [-0.25, -0.2) is 0 Å².